The molecule has 0 unspecified atom stereocenters. The van der Waals surface area contributed by atoms with Crippen LogP contribution in [0.25, 0.3) is 0 Å². The summed E-state index contributed by atoms with van der Waals surface area (Å²) in [5, 5.41) is 3.47. The summed E-state index contributed by atoms with van der Waals surface area (Å²) < 4.78 is 0. The van der Waals surface area contributed by atoms with E-state index in [0.29, 0.717) is 5.95 Å². The van der Waals surface area contributed by atoms with Crippen molar-refractivity contribution in [1.82, 2.24) is 14.9 Å². The van der Waals surface area contributed by atoms with Crippen molar-refractivity contribution >= 4 is 11.8 Å². The second kappa shape index (κ2) is 8.26. The fourth-order valence-electron chi connectivity index (χ4n) is 3.52. The molecule has 3 N–H and O–H groups in total. The SMILES string of the molecule is CCCCNc1nc(N)nc2c1CN(Cc1ccc(C(C)(C)C)cc1)CC2. The van der Waals surface area contributed by atoms with Crippen molar-refractivity contribution in [2.24, 2.45) is 0 Å². The smallest absolute Gasteiger partial charge is 0.222 e. The first-order valence-corrected chi connectivity index (χ1v) is 10.1. The summed E-state index contributed by atoms with van der Waals surface area (Å²) in [6.07, 6.45) is 3.21. The summed E-state index contributed by atoms with van der Waals surface area (Å²) in [6.45, 7) is 12.7. The third kappa shape index (κ3) is 4.98. The van der Waals surface area contributed by atoms with Gasteiger partial charge in [0.05, 0.1) is 5.69 Å². The highest BCUT2D eigenvalue weighted by Gasteiger charge is 2.22. The zero-order valence-electron chi connectivity index (χ0n) is 17.2. The van der Waals surface area contributed by atoms with E-state index in [4.69, 9.17) is 5.73 Å². The van der Waals surface area contributed by atoms with Crippen LogP contribution in [0.5, 0.6) is 0 Å². The largest absolute Gasteiger partial charge is 0.370 e. The second-order valence-corrected chi connectivity index (χ2v) is 8.54. The van der Waals surface area contributed by atoms with Gasteiger partial charge in [0.2, 0.25) is 5.95 Å². The maximum atomic E-state index is 5.92. The minimum atomic E-state index is 0.193. The number of nitrogens with two attached hydrogens (primary N) is 1. The van der Waals surface area contributed by atoms with Gasteiger partial charge in [-0.1, -0.05) is 58.4 Å². The van der Waals surface area contributed by atoms with Crippen molar-refractivity contribution in [3.8, 4) is 0 Å². The molecule has 0 saturated heterocycles. The molecule has 1 aliphatic rings. The summed E-state index contributed by atoms with van der Waals surface area (Å²) in [7, 11) is 0. The minimum Gasteiger partial charge on any atom is -0.370 e. The van der Waals surface area contributed by atoms with Gasteiger partial charge in [0, 0.05) is 38.2 Å². The van der Waals surface area contributed by atoms with Gasteiger partial charge in [0.1, 0.15) is 5.82 Å². The highest BCUT2D eigenvalue weighted by Crippen LogP contribution is 2.27. The van der Waals surface area contributed by atoms with Gasteiger partial charge in [-0.2, -0.15) is 4.98 Å². The van der Waals surface area contributed by atoms with E-state index in [1.165, 1.54) is 16.7 Å². The molecule has 3 rings (SSSR count). The highest BCUT2D eigenvalue weighted by atomic mass is 15.2. The minimum absolute atomic E-state index is 0.193. The first-order chi connectivity index (χ1) is 12.9. The van der Waals surface area contributed by atoms with Gasteiger partial charge in [-0.15, -0.1) is 0 Å². The van der Waals surface area contributed by atoms with E-state index in [2.05, 4.69) is 72.1 Å². The number of fused-ring (bicyclic) bond motifs is 1. The van der Waals surface area contributed by atoms with Crippen LogP contribution in [0.2, 0.25) is 0 Å². The third-order valence-electron chi connectivity index (χ3n) is 5.21. The number of hydrogen-bond acceptors (Lipinski definition) is 5. The lowest BCUT2D eigenvalue weighted by Crippen LogP contribution is -2.32. The third-order valence-corrected chi connectivity index (χ3v) is 5.21. The van der Waals surface area contributed by atoms with Crippen LogP contribution < -0.4 is 11.1 Å². The highest BCUT2D eigenvalue weighted by molar-refractivity contribution is 5.50. The lowest BCUT2D eigenvalue weighted by Gasteiger charge is -2.29. The van der Waals surface area contributed by atoms with Gasteiger partial charge >= 0.3 is 0 Å². The van der Waals surface area contributed by atoms with E-state index in [-0.39, 0.29) is 5.41 Å². The summed E-state index contributed by atoms with van der Waals surface area (Å²) >= 11 is 0. The second-order valence-electron chi connectivity index (χ2n) is 8.54. The van der Waals surface area contributed by atoms with Crippen LogP contribution in [0.4, 0.5) is 11.8 Å². The Morgan fingerprint density at radius 1 is 1.15 bits per heavy atom. The Labute approximate surface area is 163 Å². The summed E-state index contributed by atoms with van der Waals surface area (Å²) in [5.74, 6) is 1.29. The van der Waals surface area contributed by atoms with Crippen molar-refractivity contribution in [1.29, 1.82) is 0 Å². The average Bonchev–Trinajstić information content (AvgIpc) is 2.62. The fourth-order valence-corrected chi connectivity index (χ4v) is 3.52. The van der Waals surface area contributed by atoms with Gasteiger partial charge < -0.3 is 11.1 Å². The van der Waals surface area contributed by atoms with E-state index in [0.717, 1.165) is 57.0 Å². The molecule has 0 spiro atoms. The molecule has 0 atom stereocenters. The molecule has 0 saturated carbocycles. The topological polar surface area (TPSA) is 67.1 Å². The molecule has 0 radical (unpaired) electrons. The number of benzene rings is 1. The molecule has 0 amide bonds. The average molecular weight is 368 g/mol. The van der Waals surface area contributed by atoms with Crippen LogP contribution >= 0.6 is 0 Å². The number of nitrogen functional groups attached to an aromatic ring is 1. The van der Waals surface area contributed by atoms with E-state index >= 15 is 0 Å². The normalized spacial score (nSPS) is 14.8. The van der Waals surface area contributed by atoms with Crippen molar-refractivity contribution < 1.29 is 0 Å². The number of rotatable bonds is 6. The number of aromatic nitrogens is 2. The molecule has 5 nitrogen and oxygen atoms in total. The molecule has 1 aromatic carbocycles. The molecule has 0 fully saturated rings. The molecular weight excluding hydrogens is 334 g/mol. The number of hydrogen-bond donors (Lipinski definition) is 2. The van der Waals surface area contributed by atoms with Crippen LogP contribution in [-0.4, -0.2) is 28.0 Å². The molecule has 27 heavy (non-hydrogen) atoms. The maximum absolute atomic E-state index is 5.92. The van der Waals surface area contributed by atoms with Crippen molar-refractivity contribution in [2.45, 2.75) is 65.5 Å². The Bertz CT molecular complexity index is 762. The number of nitrogens with one attached hydrogen (secondary N) is 1. The van der Waals surface area contributed by atoms with Crippen molar-refractivity contribution in [2.75, 3.05) is 24.1 Å². The van der Waals surface area contributed by atoms with Crippen LogP contribution in [0.3, 0.4) is 0 Å². The monoisotopic (exact) mass is 367 g/mol. The summed E-state index contributed by atoms with van der Waals surface area (Å²) in [5.41, 5.74) is 11.1. The Kier molecular flexibility index (Phi) is 6.00. The predicted molar refractivity (Wildman–Crippen MR) is 113 cm³/mol. The quantitative estimate of drug-likeness (QED) is 0.752. The maximum Gasteiger partial charge on any atom is 0.222 e. The summed E-state index contributed by atoms with van der Waals surface area (Å²) in [4.78, 5) is 11.4. The lowest BCUT2D eigenvalue weighted by molar-refractivity contribution is 0.243. The Balaban J connectivity index is 1.71. The standard InChI is InChI=1S/C22H33N5/c1-5-6-12-24-20-18-15-27(13-11-19(18)25-21(23)26-20)14-16-7-9-17(10-8-16)22(2,3)4/h7-10H,5-6,11-15H2,1-4H3,(H3,23,24,25,26). The Morgan fingerprint density at radius 3 is 2.56 bits per heavy atom. The zero-order valence-corrected chi connectivity index (χ0v) is 17.2. The zero-order chi connectivity index (χ0) is 19.4. The molecule has 1 aromatic heterocycles. The van der Waals surface area contributed by atoms with Gasteiger partial charge in [-0.3, -0.25) is 4.90 Å². The lowest BCUT2D eigenvalue weighted by atomic mass is 9.86. The predicted octanol–water partition coefficient (Wildman–Crippen LogP) is 4.13. The van der Waals surface area contributed by atoms with E-state index in [1.807, 2.05) is 0 Å². The van der Waals surface area contributed by atoms with Gasteiger partial charge in [0.25, 0.3) is 0 Å². The van der Waals surface area contributed by atoms with Crippen molar-refractivity contribution in [3.05, 3.63) is 46.6 Å². The van der Waals surface area contributed by atoms with E-state index in [9.17, 15) is 0 Å². The molecule has 1 aliphatic heterocycles. The molecule has 5 heteroatoms. The Hall–Kier alpha value is -2.14. The van der Waals surface area contributed by atoms with Gasteiger partial charge in [0.15, 0.2) is 0 Å². The number of anilines is 2. The van der Waals surface area contributed by atoms with Crippen LogP contribution in [-0.2, 0) is 24.9 Å². The van der Waals surface area contributed by atoms with Crippen LogP contribution in [0.1, 0.15) is 62.9 Å². The summed E-state index contributed by atoms with van der Waals surface area (Å²) in [6, 6.07) is 9.04. The molecule has 2 heterocycles. The Morgan fingerprint density at radius 2 is 1.89 bits per heavy atom. The molecular formula is C22H33N5. The first kappa shape index (κ1) is 19.6. The van der Waals surface area contributed by atoms with Crippen LogP contribution in [0, 0.1) is 0 Å². The molecule has 0 aliphatic carbocycles. The van der Waals surface area contributed by atoms with E-state index < -0.39 is 0 Å². The van der Waals surface area contributed by atoms with Gasteiger partial charge in [-0.05, 0) is 23.0 Å². The van der Waals surface area contributed by atoms with E-state index in [1.54, 1.807) is 0 Å². The molecule has 2 aromatic rings. The number of unbranched alkanes of at least 4 members (excludes halogenated alkanes) is 1. The molecule has 146 valence electrons. The van der Waals surface area contributed by atoms with Gasteiger partial charge in [-0.25, -0.2) is 4.98 Å². The van der Waals surface area contributed by atoms with Crippen LogP contribution in [0.15, 0.2) is 24.3 Å². The first-order valence-electron chi connectivity index (χ1n) is 10.1. The number of nitrogens with zero attached hydrogens (tertiary/aromatic N) is 3. The fraction of sp³-hybridized carbons (Fsp3) is 0.545. The van der Waals surface area contributed by atoms with Crippen molar-refractivity contribution in [3.63, 3.8) is 0 Å². The molecule has 0 bridgehead atoms.